The van der Waals surface area contributed by atoms with Crippen molar-refractivity contribution < 1.29 is 14.3 Å². The van der Waals surface area contributed by atoms with Gasteiger partial charge in [-0.15, -0.1) is 0 Å². The molecule has 0 saturated carbocycles. The number of aromatic nitrogens is 1. The van der Waals surface area contributed by atoms with Gasteiger partial charge in [0.05, 0.1) is 5.69 Å². The number of carbonyl (C=O) groups excluding carboxylic acids is 2. The van der Waals surface area contributed by atoms with E-state index in [0.29, 0.717) is 18.6 Å². The summed E-state index contributed by atoms with van der Waals surface area (Å²) < 4.78 is 7.03. The lowest BCUT2D eigenvalue weighted by Gasteiger charge is -2.06. The average molecular weight is 331 g/mol. The molecule has 4 heteroatoms. The SMILES string of the molecule is O=Cc1cccn1C(=O)/C=C/c1ccc(OCc2ccccc2)cc1. The Hall–Kier alpha value is -3.40. The molecule has 0 fully saturated rings. The molecular formula is C21H17NO3. The zero-order valence-electron chi connectivity index (χ0n) is 13.5. The van der Waals surface area contributed by atoms with E-state index in [9.17, 15) is 9.59 Å². The van der Waals surface area contributed by atoms with Gasteiger partial charge in [0.25, 0.3) is 5.91 Å². The molecule has 0 unspecified atom stereocenters. The van der Waals surface area contributed by atoms with Gasteiger partial charge < -0.3 is 4.74 Å². The quantitative estimate of drug-likeness (QED) is 0.501. The van der Waals surface area contributed by atoms with E-state index in [1.807, 2.05) is 54.6 Å². The predicted octanol–water partition coefficient (Wildman–Crippen LogP) is 4.23. The number of rotatable bonds is 6. The summed E-state index contributed by atoms with van der Waals surface area (Å²) in [4.78, 5) is 22.9. The van der Waals surface area contributed by atoms with Crippen molar-refractivity contribution in [3.05, 3.63) is 95.8 Å². The van der Waals surface area contributed by atoms with Gasteiger partial charge in [0.2, 0.25) is 0 Å². The second-order valence-electron chi connectivity index (χ2n) is 5.44. The summed E-state index contributed by atoms with van der Waals surface area (Å²) in [6, 6.07) is 20.7. The molecule has 0 aliphatic heterocycles. The van der Waals surface area contributed by atoms with Gasteiger partial charge >= 0.3 is 0 Å². The number of ether oxygens (including phenoxy) is 1. The Morgan fingerprint density at radius 3 is 2.44 bits per heavy atom. The molecule has 0 bridgehead atoms. The van der Waals surface area contributed by atoms with E-state index in [2.05, 4.69) is 0 Å². The summed E-state index contributed by atoms with van der Waals surface area (Å²) in [5.41, 5.74) is 2.31. The molecule has 3 aromatic rings. The number of aldehydes is 1. The zero-order chi connectivity index (χ0) is 17.5. The van der Waals surface area contributed by atoms with E-state index >= 15 is 0 Å². The standard InChI is InChI=1S/C21H17NO3/c23-15-19-7-4-14-22(19)21(24)13-10-17-8-11-20(12-9-17)25-16-18-5-2-1-3-6-18/h1-15H,16H2/b13-10+. The van der Waals surface area contributed by atoms with Crippen LogP contribution in [0, 0.1) is 0 Å². The largest absolute Gasteiger partial charge is 0.489 e. The number of carbonyl (C=O) groups is 2. The summed E-state index contributed by atoms with van der Waals surface area (Å²) in [6.45, 7) is 0.511. The fraction of sp³-hybridized carbons (Fsp3) is 0.0476. The van der Waals surface area contributed by atoms with Crippen LogP contribution in [0.15, 0.2) is 79.0 Å². The van der Waals surface area contributed by atoms with Gasteiger partial charge in [0.1, 0.15) is 12.4 Å². The molecule has 2 aromatic carbocycles. The first-order valence-corrected chi connectivity index (χ1v) is 7.88. The summed E-state index contributed by atoms with van der Waals surface area (Å²) in [5, 5.41) is 0. The molecule has 1 aromatic heterocycles. The highest BCUT2D eigenvalue weighted by Crippen LogP contribution is 2.15. The highest BCUT2D eigenvalue weighted by atomic mass is 16.5. The van der Waals surface area contributed by atoms with E-state index < -0.39 is 0 Å². The molecule has 124 valence electrons. The van der Waals surface area contributed by atoms with Crippen LogP contribution in [0.2, 0.25) is 0 Å². The lowest BCUT2D eigenvalue weighted by molar-refractivity contribution is 0.0956. The van der Waals surface area contributed by atoms with E-state index in [1.54, 1.807) is 24.4 Å². The fourth-order valence-corrected chi connectivity index (χ4v) is 2.35. The predicted molar refractivity (Wildman–Crippen MR) is 96.7 cm³/mol. The Balaban J connectivity index is 1.60. The first-order chi connectivity index (χ1) is 12.3. The van der Waals surface area contributed by atoms with Crippen LogP contribution in [0.4, 0.5) is 0 Å². The summed E-state index contributed by atoms with van der Waals surface area (Å²) in [7, 11) is 0. The second kappa shape index (κ2) is 7.93. The molecule has 0 aliphatic rings. The lowest BCUT2D eigenvalue weighted by Crippen LogP contribution is -2.08. The summed E-state index contributed by atoms with van der Waals surface area (Å²) >= 11 is 0. The molecule has 4 nitrogen and oxygen atoms in total. The Kier molecular flexibility index (Phi) is 5.22. The minimum Gasteiger partial charge on any atom is -0.489 e. The van der Waals surface area contributed by atoms with Crippen LogP contribution in [0.3, 0.4) is 0 Å². The maximum Gasteiger partial charge on any atom is 0.255 e. The van der Waals surface area contributed by atoms with Crippen molar-refractivity contribution in [1.29, 1.82) is 0 Å². The summed E-state index contributed by atoms with van der Waals surface area (Å²) in [5.74, 6) is 0.498. The van der Waals surface area contributed by atoms with Gasteiger partial charge in [0.15, 0.2) is 6.29 Å². The normalized spacial score (nSPS) is 10.7. The van der Waals surface area contributed by atoms with Gasteiger partial charge in [0, 0.05) is 12.3 Å². The third kappa shape index (κ3) is 4.32. The average Bonchev–Trinajstić information content (AvgIpc) is 3.15. The number of allylic oxidation sites excluding steroid dienone is 1. The number of benzene rings is 2. The first-order valence-electron chi connectivity index (χ1n) is 7.88. The molecule has 0 atom stereocenters. The van der Waals surface area contributed by atoms with Crippen molar-refractivity contribution in [3.8, 4) is 5.75 Å². The van der Waals surface area contributed by atoms with E-state index in [-0.39, 0.29) is 5.91 Å². The smallest absolute Gasteiger partial charge is 0.255 e. The number of hydrogen-bond acceptors (Lipinski definition) is 3. The lowest BCUT2D eigenvalue weighted by atomic mass is 10.2. The van der Waals surface area contributed by atoms with E-state index in [0.717, 1.165) is 16.9 Å². The number of hydrogen-bond donors (Lipinski definition) is 0. The van der Waals surface area contributed by atoms with Crippen LogP contribution >= 0.6 is 0 Å². The second-order valence-corrected chi connectivity index (χ2v) is 5.44. The highest BCUT2D eigenvalue weighted by Gasteiger charge is 2.04. The molecular weight excluding hydrogens is 314 g/mol. The Bertz CT molecular complexity index is 877. The van der Waals surface area contributed by atoms with Crippen LogP contribution in [0.25, 0.3) is 6.08 Å². The molecule has 1 heterocycles. The van der Waals surface area contributed by atoms with Gasteiger partial charge in [-0.05, 0) is 41.5 Å². The minimum atomic E-state index is -0.267. The molecule has 0 radical (unpaired) electrons. The third-order valence-electron chi connectivity index (χ3n) is 3.69. The van der Waals surface area contributed by atoms with E-state index in [1.165, 1.54) is 10.6 Å². The Morgan fingerprint density at radius 2 is 1.72 bits per heavy atom. The minimum absolute atomic E-state index is 0.267. The Morgan fingerprint density at radius 1 is 0.960 bits per heavy atom. The van der Waals surface area contributed by atoms with Crippen molar-refractivity contribution in [2.24, 2.45) is 0 Å². The maximum absolute atomic E-state index is 12.1. The zero-order valence-corrected chi connectivity index (χ0v) is 13.5. The molecule has 0 N–H and O–H groups in total. The van der Waals surface area contributed by atoms with Crippen LogP contribution < -0.4 is 4.74 Å². The first kappa shape index (κ1) is 16.5. The topological polar surface area (TPSA) is 48.3 Å². The van der Waals surface area contributed by atoms with E-state index in [4.69, 9.17) is 4.74 Å². The fourth-order valence-electron chi connectivity index (χ4n) is 2.35. The highest BCUT2D eigenvalue weighted by molar-refractivity contribution is 5.96. The van der Waals surface area contributed by atoms with Gasteiger partial charge in [-0.2, -0.15) is 0 Å². The van der Waals surface area contributed by atoms with Gasteiger partial charge in [-0.3, -0.25) is 14.2 Å². The summed E-state index contributed by atoms with van der Waals surface area (Å²) in [6.07, 6.45) is 5.37. The van der Waals surface area contributed by atoms with Gasteiger partial charge in [-0.1, -0.05) is 42.5 Å². The molecule has 0 saturated heterocycles. The van der Waals surface area contributed by atoms with Crippen LogP contribution in [0.5, 0.6) is 5.75 Å². The third-order valence-corrected chi connectivity index (χ3v) is 3.69. The van der Waals surface area contributed by atoms with Gasteiger partial charge in [-0.25, -0.2) is 0 Å². The van der Waals surface area contributed by atoms with Crippen LogP contribution in [-0.2, 0) is 6.61 Å². The maximum atomic E-state index is 12.1. The van der Waals surface area contributed by atoms with Crippen molar-refractivity contribution >= 4 is 18.3 Å². The van der Waals surface area contributed by atoms with Crippen molar-refractivity contribution in [1.82, 2.24) is 4.57 Å². The molecule has 3 rings (SSSR count). The van der Waals surface area contributed by atoms with Crippen molar-refractivity contribution in [3.63, 3.8) is 0 Å². The van der Waals surface area contributed by atoms with Crippen molar-refractivity contribution in [2.75, 3.05) is 0 Å². The van der Waals surface area contributed by atoms with Crippen LogP contribution in [0.1, 0.15) is 26.4 Å². The molecule has 25 heavy (non-hydrogen) atoms. The monoisotopic (exact) mass is 331 g/mol. The van der Waals surface area contributed by atoms with Crippen molar-refractivity contribution in [2.45, 2.75) is 6.61 Å². The van der Waals surface area contributed by atoms with Crippen LogP contribution in [-0.4, -0.2) is 16.8 Å². The number of nitrogens with zero attached hydrogens (tertiary/aromatic N) is 1. The molecule has 0 amide bonds. The molecule has 0 aliphatic carbocycles. The molecule has 0 spiro atoms. The Labute approximate surface area is 146 Å².